The molecule has 6 nitrogen and oxygen atoms in total. The van der Waals surface area contributed by atoms with Gasteiger partial charge in [0.05, 0.1) is 6.34 Å². The third-order valence-corrected chi connectivity index (χ3v) is 7.13. The second kappa shape index (κ2) is 7.47. The monoisotopic (exact) mass is 394 g/mol. The number of hydrogen-bond donors (Lipinski definition) is 0. The van der Waals surface area contributed by atoms with Crippen molar-refractivity contribution in [2.45, 2.75) is 44.1 Å². The lowest BCUT2D eigenvalue weighted by Gasteiger charge is -2.39. The minimum Gasteiger partial charge on any atom is -0.368 e. The zero-order chi connectivity index (χ0) is 19.8. The fourth-order valence-electron chi connectivity index (χ4n) is 5.03. The predicted molar refractivity (Wildman–Crippen MR) is 113 cm³/mol. The van der Waals surface area contributed by atoms with Gasteiger partial charge in [0.15, 0.2) is 0 Å². The lowest BCUT2D eigenvalue weighted by atomic mass is 9.76. The standard InChI is InChI=1S/C23H30N4O2/c28-21(26-14-12-25(13-15-26)20-4-2-1-3-5-20)19-8-10-23(11-9-19)22(29)27(17-24-23)16-18-6-7-18/h1-5,17-19H,6-16H2. The molecule has 1 aromatic carbocycles. The molecule has 2 heterocycles. The lowest BCUT2D eigenvalue weighted by molar-refractivity contribution is -0.140. The Bertz CT molecular complexity index is 788. The van der Waals surface area contributed by atoms with E-state index in [9.17, 15) is 9.59 Å². The van der Waals surface area contributed by atoms with Crippen LogP contribution in [0.2, 0.25) is 0 Å². The Morgan fingerprint density at radius 1 is 1.00 bits per heavy atom. The average molecular weight is 395 g/mol. The van der Waals surface area contributed by atoms with Crippen LogP contribution in [-0.4, -0.2) is 66.2 Å². The summed E-state index contributed by atoms with van der Waals surface area (Å²) >= 11 is 0. The van der Waals surface area contributed by atoms with E-state index in [1.54, 1.807) is 6.34 Å². The highest BCUT2D eigenvalue weighted by atomic mass is 16.2. The average Bonchev–Trinajstić information content (AvgIpc) is 3.56. The molecule has 0 bridgehead atoms. The van der Waals surface area contributed by atoms with Crippen LogP contribution >= 0.6 is 0 Å². The number of carbonyl (C=O) groups excluding carboxylic acids is 2. The number of amides is 2. The van der Waals surface area contributed by atoms with Crippen molar-refractivity contribution in [3.8, 4) is 0 Å². The molecule has 1 spiro atoms. The van der Waals surface area contributed by atoms with Crippen LogP contribution in [0, 0.1) is 11.8 Å². The van der Waals surface area contributed by atoms with Gasteiger partial charge in [-0.1, -0.05) is 18.2 Å². The van der Waals surface area contributed by atoms with Gasteiger partial charge in [-0.15, -0.1) is 0 Å². The molecule has 0 atom stereocenters. The van der Waals surface area contributed by atoms with Crippen molar-refractivity contribution in [2.24, 2.45) is 16.8 Å². The molecule has 2 amide bonds. The molecule has 2 saturated carbocycles. The summed E-state index contributed by atoms with van der Waals surface area (Å²) in [5, 5.41) is 0. The van der Waals surface area contributed by atoms with Gasteiger partial charge in [0.25, 0.3) is 5.91 Å². The number of nitrogens with zero attached hydrogens (tertiary/aromatic N) is 4. The molecule has 1 saturated heterocycles. The van der Waals surface area contributed by atoms with Gasteiger partial charge in [-0.25, -0.2) is 0 Å². The first-order valence-corrected chi connectivity index (χ1v) is 11.1. The normalized spacial score (nSPS) is 29.7. The number of benzene rings is 1. The Morgan fingerprint density at radius 2 is 1.69 bits per heavy atom. The van der Waals surface area contributed by atoms with Crippen LogP contribution in [-0.2, 0) is 9.59 Å². The molecule has 2 aliphatic heterocycles. The number of aliphatic imine (C=N–C) groups is 1. The largest absolute Gasteiger partial charge is 0.368 e. The maximum Gasteiger partial charge on any atom is 0.255 e. The van der Waals surface area contributed by atoms with Crippen LogP contribution in [0.25, 0.3) is 0 Å². The van der Waals surface area contributed by atoms with Crippen LogP contribution in [0.4, 0.5) is 5.69 Å². The summed E-state index contributed by atoms with van der Waals surface area (Å²) in [6, 6.07) is 10.4. The van der Waals surface area contributed by atoms with E-state index in [1.807, 2.05) is 15.9 Å². The molecule has 5 rings (SSSR count). The summed E-state index contributed by atoms with van der Waals surface area (Å²) < 4.78 is 0. The Hall–Kier alpha value is -2.37. The molecule has 2 aliphatic carbocycles. The highest BCUT2D eigenvalue weighted by Crippen LogP contribution is 2.40. The van der Waals surface area contributed by atoms with E-state index in [-0.39, 0.29) is 17.7 Å². The fraction of sp³-hybridized carbons (Fsp3) is 0.609. The van der Waals surface area contributed by atoms with E-state index in [4.69, 9.17) is 0 Å². The van der Waals surface area contributed by atoms with Gasteiger partial charge in [0.2, 0.25) is 5.91 Å². The third kappa shape index (κ3) is 3.65. The second-order valence-corrected chi connectivity index (χ2v) is 9.10. The van der Waals surface area contributed by atoms with Crippen LogP contribution < -0.4 is 4.90 Å². The molecule has 0 N–H and O–H groups in total. The predicted octanol–water partition coefficient (Wildman–Crippen LogP) is 2.54. The number of anilines is 1. The molecule has 4 aliphatic rings. The SMILES string of the molecule is O=C(C1CCC2(CC1)N=CN(CC1CC1)C2=O)N1CCN(c2ccccc2)CC1. The number of para-hydroxylation sites is 1. The first-order chi connectivity index (χ1) is 14.1. The quantitative estimate of drug-likeness (QED) is 0.789. The summed E-state index contributed by atoms with van der Waals surface area (Å²) in [7, 11) is 0. The molecule has 154 valence electrons. The number of hydrogen-bond acceptors (Lipinski definition) is 4. The topological polar surface area (TPSA) is 56.2 Å². The van der Waals surface area contributed by atoms with Gasteiger partial charge in [0.1, 0.15) is 5.54 Å². The van der Waals surface area contributed by atoms with Gasteiger partial charge >= 0.3 is 0 Å². The van der Waals surface area contributed by atoms with Gasteiger partial charge in [-0.05, 0) is 56.6 Å². The zero-order valence-electron chi connectivity index (χ0n) is 17.0. The molecule has 29 heavy (non-hydrogen) atoms. The van der Waals surface area contributed by atoms with Crippen molar-refractivity contribution in [1.29, 1.82) is 0 Å². The first kappa shape index (κ1) is 18.6. The highest BCUT2D eigenvalue weighted by molar-refractivity contribution is 6.00. The van der Waals surface area contributed by atoms with Gasteiger partial charge < -0.3 is 14.7 Å². The Kier molecular flexibility index (Phi) is 4.80. The van der Waals surface area contributed by atoms with E-state index in [0.29, 0.717) is 18.8 Å². The maximum absolute atomic E-state index is 13.1. The molecule has 6 heteroatoms. The van der Waals surface area contributed by atoms with Crippen molar-refractivity contribution in [2.75, 3.05) is 37.6 Å². The lowest BCUT2D eigenvalue weighted by Crippen LogP contribution is -2.52. The van der Waals surface area contributed by atoms with E-state index < -0.39 is 5.54 Å². The summed E-state index contributed by atoms with van der Waals surface area (Å²) in [5.74, 6) is 1.17. The van der Waals surface area contributed by atoms with E-state index in [1.165, 1.54) is 18.5 Å². The smallest absolute Gasteiger partial charge is 0.255 e. The highest BCUT2D eigenvalue weighted by Gasteiger charge is 2.49. The molecule has 0 aromatic heterocycles. The molecular formula is C23H30N4O2. The van der Waals surface area contributed by atoms with Crippen molar-refractivity contribution in [1.82, 2.24) is 9.80 Å². The van der Waals surface area contributed by atoms with E-state index in [0.717, 1.165) is 45.6 Å². The maximum atomic E-state index is 13.1. The Labute approximate surface area is 172 Å². The Balaban J connectivity index is 1.13. The van der Waals surface area contributed by atoms with Gasteiger partial charge in [-0.3, -0.25) is 14.6 Å². The summed E-state index contributed by atoms with van der Waals surface area (Å²) in [5.41, 5.74) is 0.657. The first-order valence-electron chi connectivity index (χ1n) is 11.1. The fourth-order valence-corrected chi connectivity index (χ4v) is 5.03. The van der Waals surface area contributed by atoms with E-state index >= 15 is 0 Å². The number of piperazine rings is 1. The van der Waals surface area contributed by atoms with Crippen molar-refractivity contribution in [3.05, 3.63) is 30.3 Å². The minimum absolute atomic E-state index is 0.0457. The molecular weight excluding hydrogens is 364 g/mol. The van der Waals surface area contributed by atoms with Crippen LogP contribution in [0.15, 0.2) is 35.3 Å². The second-order valence-electron chi connectivity index (χ2n) is 9.10. The molecule has 1 aromatic rings. The molecule has 0 radical (unpaired) electrons. The van der Waals surface area contributed by atoms with Crippen LogP contribution in [0.3, 0.4) is 0 Å². The van der Waals surface area contributed by atoms with Gasteiger partial charge in [0, 0.05) is 44.3 Å². The van der Waals surface area contributed by atoms with Crippen molar-refractivity contribution < 1.29 is 9.59 Å². The minimum atomic E-state index is -0.572. The zero-order valence-corrected chi connectivity index (χ0v) is 17.0. The van der Waals surface area contributed by atoms with Gasteiger partial charge in [-0.2, -0.15) is 0 Å². The van der Waals surface area contributed by atoms with Crippen molar-refractivity contribution in [3.63, 3.8) is 0 Å². The summed E-state index contributed by atoms with van der Waals surface area (Å²) in [6.45, 7) is 4.15. The number of carbonyl (C=O) groups is 2. The van der Waals surface area contributed by atoms with Crippen LogP contribution in [0.5, 0.6) is 0 Å². The summed E-state index contributed by atoms with van der Waals surface area (Å²) in [6.07, 6.45) is 7.22. The van der Waals surface area contributed by atoms with E-state index in [2.05, 4.69) is 34.2 Å². The third-order valence-electron chi connectivity index (χ3n) is 7.13. The van der Waals surface area contributed by atoms with Crippen molar-refractivity contribution >= 4 is 23.8 Å². The number of rotatable bonds is 4. The van der Waals surface area contributed by atoms with Crippen LogP contribution in [0.1, 0.15) is 38.5 Å². The Morgan fingerprint density at radius 3 is 2.34 bits per heavy atom. The molecule has 0 unspecified atom stereocenters. The summed E-state index contributed by atoms with van der Waals surface area (Å²) in [4.78, 5) is 36.8. The molecule has 3 fully saturated rings.